The van der Waals surface area contributed by atoms with E-state index in [2.05, 4.69) is 15.9 Å². The average molecular weight is 237 g/mol. The van der Waals surface area contributed by atoms with Gasteiger partial charge in [-0.3, -0.25) is 0 Å². The van der Waals surface area contributed by atoms with Crippen LogP contribution >= 0.6 is 15.9 Å². The Bertz CT molecular complexity index is 299. The minimum Gasteiger partial charge on any atom is -0.388 e. The molecule has 0 aromatic heterocycles. The summed E-state index contributed by atoms with van der Waals surface area (Å²) in [6.07, 6.45) is -1.14. The van der Waals surface area contributed by atoms with E-state index in [1.165, 1.54) is 13.0 Å². The summed E-state index contributed by atoms with van der Waals surface area (Å²) < 4.78 is 26.1. The van der Waals surface area contributed by atoms with Crippen molar-refractivity contribution in [2.24, 2.45) is 0 Å². The Morgan fingerprint density at radius 2 is 2.00 bits per heavy atom. The van der Waals surface area contributed by atoms with Crippen molar-refractivity contribution in [2.75, 3.05) is 0 Å². The normalized spacial score (nSPS) is 13.1. The van der Waals surface area contributed by atoms with E-state index < -0.39 is 17.7 Å². The molecule has 0 bridgehead atoms. The summed E-state index contributed by atoms with van der Waals surface area (Å²) >= 11 is 2.90. The number of rotatable bonds is 1. The van der Waals surface area contributed by atoms with Crippen LogP contribution in [0.2, 0.25) is 0 Å². The highest BCUT2D eigenvalue weighted by molar-refractivity contribution is 9.10. The van der Waals surface area contributed by atoms with E-state index in [9.17, 15) is 8.78 Å². The standard InChI is InChI=1S/C8H7BrF2O/c1-4(12)7-6(10)3-2-5(9)8(7)11/h2-4,12H,1H3. The third-order valence-corrected chi connectivity index (χ3v) is 2.11. The van der Waals surface area contributed by atoms with Crippen LogP contribution in [0.1, 0.15) is 18.6 Å². The van der Waals surface area contributed by atoms with Crippen molar-refractivity contribution in [1.82, 2.24) is 0 Å². The SMILES string of the molecule is CC(O)c1c(F)ccc(Br)c1F. The number of aliphatic hydroxyl groups is 1. The summed E-state index contributed by atoms with van der Waals surface area (Å²) in [6.45, 7) is 1.31. The van der Waals surface area contributed by atoms with E-state index >= 15 is 0 Å². The Labute approximate surface area is 77.2 Å². The van der Waals surface area contributed by atoms with E-state index in [1.807, 2.05) is 0 Å². The van der Waals surface area contributed by atoms with Gasteiger partial charge in [-0.15, -0.1) is 0 Å². The van der Waals surface area contributed by atoms with Gasteiger partial charge in [-0.25, -0.2) is 8.78 Å². The molecule has 0 saturated heterocycles. The van der Waals surface area contributed by atoms with Crippen molar-refractivity contribution < 1.29 is 13.9 Å². The first-order chi connectivity index (χ1) is 5.54. The van der Waals surface area contributed by atoms with Gasteiger partial charge in [0.1, 0.15) is 11.6 Å². The van der Waals surface area contributed by atoms with Crippen molar-refractivity contribution in [1.29, 1.82) is 0 Å². The number of hydrogen-bond donors (Lipinski definition) is 1. The summed E-state index contributed by atoms with van der Waals surface area (Å²) in [6, 6.07) is 2.37. The van der Waals surface area contributed by atoms with Gasteiger partial charge in [-0.1, -0.05) is 0 Å². The second kappa shape index (κ2) is 3.49. The molecule has 1 aromatic rings. The van der Waals surface area contributed by atoms with Crippen molar-refractivity contribution in [3.05, 3.63) is 33.8 Å². The summed E-state index contributed by atoms with van der Waals surface area (Å²) in [5.41, 5.74) is -0.302. The van der Waals surface area contributed by atoms with Crippen LogP contribution in [-0.4, -0.2) is 5.11 Å². The fourth-order valence-electron chi connectivity index (χ4n) is 0.926. The molecule has 1 atom stereocenters. The third-order valence-electron chi connectivity index (χ3n) is 1.50. The van der Waals surface area contributed by atoms with Crippen molar-refractivity contribution >= 4 is 15.9 Å². The van der Waals surface area contributed by atoms with E-state index in [0.29, 0.717) is 0 Å². The lowest BCUT2D eigenvalue weighted by atomic mass is 10.1. The van der Waals surface area contributed by atoms with E-state index in [1.54, 1.807) is 0 Å². The predicted molar refractivity (Wildman–Crippen MR) is 44.7 cm³/mol. The number of aliphatic hydroxyl groups excluding tert-OH is 1. The van der Waals surface area contributed by atoms with Gasteiger partial charge in [0.05, 0.1) is 16.1 Å². The highest BCUT2D eigenvalue weighted by Crippen LogP contribution is 2.26. The first-order valence-electron chi connectivity index (χ1n) is 3.35. The van der Waals surface area contributed by atoms with Crippen molar-refractivity contribution in [3.8, 4) is 0 Å². The fraction of sp³-hybridized carbons (Fsp3) is 0.250. The van der Waals surface area contributed by atoms with Gasteiger partial charge in [0.2, 0.25) is 0 Å². The van der Waals surface area contributed by atoms with Gasteiger partial charge < -0.3 is 5.11 Å². The molecular weight excluding hydrogens is 230 g/mol. The minimum absolute atomic E-state index is 0.153. The second-order valence-electron chi connectivity index (χ2n) is 2.43. The van der Waals surface area contributed by atoms with Crippen LogP contribution in [0, 0.1) is 11.6 Å². The summed E-state index contributed by atoms with van der Waals surface area (Å²) in [4.78, 5) is 0. The van der Waals surface area contributed by atoms with E-state index in [-0.39, 0.29) is 10.0 Å². The molecule has 1 aromatic carbocycles. The molecule has 4 heteroatoms. The molecule has 66 valence electrons. The number of hydrogen-bond acceptors (Lipinski definition) is 1. The third kappa shape index (κ3) is 1.64. The van der Waals surface area contributed by atoms with Crippen molar-refractivity contribution in [3.63, 3.8) is 0 Å². The Kier molecular flexibility index (Phi) is 2.80. The molecule has 12 heavy (non-hydrogen) atoms. The van der Waals surface area contributed by atoms with Crippen LogP contribution in [0.15, 0.2) is 16.6 Å². The van der Waals surface area contributed by atoms with Crippen LogP contribution in [0.4, 0.5) is 8.78 Å². The molecule has 1 nitrogen and oxygen atoms in total. The predicted octanol–water partition coefficient (Wildman–Crippen LogP) is 2.78. The molecule has 0 aliphatic carbocycles. The molecule has 0 amide bonds. The maximum atomic E-state index is 13.1. The minimum atomic E-state index is -1.14. The van der Waals surface area contributed by atoms with E-state index in [0.717, 1.165) is 6.07 Å². The monoisotopic (exact) mass is 236 g/mol. The Morgan fingerprint density at radius 1 is 1.42 bits per heavy atom. The van der Waals surface area contributed by atoms with Gasteiger partial charge >= 0.3 is 0 Å². The van der Waals surface area contributed by atoms with Crippen LogP contribution < -0.4 is 0 Å². The zero-order chi connectivity index (χ0) is 9.30. The largest absolute Gasteiger partial charge is 0.388 e. The quantitative estimate of drug-likeness (QED) is 0.744. The summed E-state index contributed by atoms with van der Waals surface area (Å²) in [5.74, 6) is -1.48. The van der Waals surface area contributed by atoms with Crippen LogP contribution in [0.5, 0.6) is 0 Å². The molecule has 0 radical (unpaired) electrons. The van der Waals surface area contributed by atoms with Crippen molar-refractivity contribution in [2.45, 2.75) is 13.0 Å². The molecule has 0 saturated carbocycles. The molecule has 0 fully saturated rings. The number of halogens is 3. The van der Waals surface area contributed by atoms with Gasteiger partial charge in [-0.2, -0.15) is 0 Å². The molecule has 1 unspecified atom stereocenters. The number of benzene rings is 1. The van der Waals surface area contributed by atoms with Crippen LogP contribution in [0.3, 0.4) is 0 Å². The Morgan fingerprint density at radius 3 is 2.42 bits per heavy atom. The summed E-state index contributed by atoms with van der Waals surface area (Å²) in [5, 5.41) is 9.01. The smallest absolute Gasteiger partial charge is 0.146 e. The van der Waals surface area contributed by atoms with Gasteiger partial charge in [0.25, 0.3) is 0 Å². The lowest BCUT2D eigenvalue weighted by Gasteiger charge is -2.08. The average Bonchev–Trinajstić information content (AvgIpc) is 1.97. The fourth-order valence-corrected chi connectivity index (χ4v) is 1.27. The highest BCUT2D eigenvalue weighted by atomic mass is 79.9. The van der Waals surface area contributed by atoms with Crippen LogP contribution in [-0.2, 0) is 0 Å². The van der Waals surface area contributed by atoms with Crippen LogP contribution in [0.25, 0.3) is 0 Å². The maximum absolute atomic E-state index is 13.1. The van der Waals surface area contributed by atoms with Gasteiger partial charge in [0.15, 0.2) is 0 Å². The first kappa shape index (κ1) is 9.61. The lowest BCUT2D eigenvalue weighted by Crippen LogP contribution is -2.00. The lowest BCUT2D eigenvalue weighted by molar-refractivity contribution is 0.188. The second-order valence-corrected chi connectivity index (χ2v) is 3.29. The molecule has 1 rings (SSSR count). The molecule has 0 aliphatic rings. The zero-order valence-electron chi connectivity index (χ0n) is 6.31. The Hall–Kier alpha value is -0.480. The molecule has 0 spiro atoms. The Balaban J connectivity index is 3.33. The zero-order valence-corrected chi connectivity index (χ0v) is 7.90. The molecule has 0 heterocycles. The molecule has 0 aliphatic heterocycles. The maximum Gasteiger partial charge on any atom is 0.146 e. The first-order valence-corrected chi connectivity index (χ1v) is 4.14. The highest BCUT2D eigenvalue weighted by Gasteiger charge is 2.15. The van der Waals surface area contributed by atoms with Gasteiger partial charge in [0, 0.05) is 0 Å². The molecular formula is C8H7BrF2O. The summed E-state index contributed by atoms with van der Waals surface area (Å²) in [7, 11) is 0. The van der Waals surface area contributed by atoms with Gasteiger partial charge in [-0.05, 0) is 35.0 Å². The molecule has 1 N–H and O–H groups in total. The topological polar surface area (TPSA) is 20.2 Å². The van der Waals surface area contributed by atoms with E-state index in [4.69, 9.17) is 5.11 Å².